The van der Waals surface area contributed by atoms with Gasteiger partial charge in [0, 0.05) is 25.3 Å². The third kappa shape index (κ3) is 4.67. The lowest BCUT2D eigenvalue weighted by molar-refractivity contribution is -0.117. The number of carbonyl (C=O) groups is 1. The van der Waals surface area contributed by atoms with E-state index in [0.717, 1.165) is 73.8 Å². The van der Waals surface area contributed by atoms with Gasteiger partial charge in [-0.3, -0.25) is 9.36 Å². The average molecular weight is 466 g/mol. The highest BCUT2D eigenvalue weighted by Crippen LogP contribution is 2.32. The van der Waals surface area contributed by atoms with Gasteiger partial charge in [0.05, 0.1) is 18.1 Å². The molecule has 5 rings (SSSR count). The van der Waals surface area contributed by atoms with E-state index in [9.17, 15) is 4.79 Å². The number of benzene rings is 1. The van der Waals surface area contributed by atoms with Gasteiger partial charge in [-0.25, -0.2) is 0 Å². The summed E-state index contributed by atoms with van der Waals surface area (Å²) < 4.78 is 7.73. The first-order chi connectivity index (χ1) is 16.1. The van der Waals surface area contributed by atoms with Crippen LogP contribution in [0, 0.1) is 5.92 Å². The van der Waals surface area contributed by atoms with Gasteiger partial charge >= 0.3 is 0 Å². The molecule has 1 amide bonds. The SMILES string of the molecule is CC1CCN(c2nnc(SC(C)C(=O)N3CCCc4ccccc43)n2Cc2ccco2)CC1. The normalized spacial score (nSPS) is 17.8. The monoisotopic (exact) mass is 465 g/mol. The number of amides is 1. The second kappa shape index (κ2) is 9.63. The van der Waals surface area contributed by atoms with E-state index in [0.29, 0.717) is 6.54 Å². The molecule has 33 heavy (non-hydrogen) atoms. The second-order valence-corrected chi connectivity index (χ2v) is 10.4. The van der Waals surface area contributed by atoms with Crippen LogP contribution in [0.15, 0.2) is 52.2 Å². The van der Waals surface area contributed by atoms with Crippen LogP contribution in [0.3, 0.4) is 0 Å². The summed E-state index contributed by atoms with van der Waals surface area (Å²) in [6, 6.07) is 12.1. The maximum Gasteiger partial charge on any atom is 0.240 e. The topological polar surface area (TPSA) is 67.4 Å². The van der Waals surface area contributed by atoms with Crippen LogP contribution in [-0.2, 0) is 17.8 Å². The number of piperidine rings is 1. The first-order valence-electron chi connectivity index (χ1n) is 11.9. The molecule has 0 radical (unpaired) electrons. The molecule has 8 heteroatoms. The van der Waals surface area contributed by atoms with E-state index >= 15 is 0 Å². The number of thioether (sulfide) groups is 1. The lowest BCUT2D eigenvalue weighted by atomic mass is 10.00. The molecule has 1 aromatic carbocycles. The summed E-state index contributed by atoms with van der Waals surface area (Å²) >= 11 is 1.48. The molecule has 174 valence electrons. The van der Waals surface area contributed by atoms with E-state index in [4.69, 9.17) is 4.42 Å². The van der Waals surface area contributed by atoms with Crippen LogP contribution in [0.1, 0.15) is 44.4 Å². The Morgan fingerprint density at radius 1 is 1.15 bits per heavy atom. The Hall–Kier alpha value is -2.74. The Labute approximate surface area is 199 Å². The summed E-state index contributed by atoms with van der Waals surface area (Å²) in [6.07, 6.45) is 6.01. The van der Waals surface area contributed by atoms with Gasteiger partial charge in [0.25, 0.3) is 0 Å². The second-order valence-electron chi connectivity index (χ2n) is 9.10. The first kappa shape index (κ1) is 22.1. The third-order valence-electron chi connectivity index (χ3n) is 6.66. The summed E-state index contributed by atoms with van der Waals surface area (Å²) in [5.41, 5.74) is 2.29. The number of para-hydroxylation sites is 1. The van der Waals surface area contributed by atoms with Crippen LogP contribution in [-0.4, -0.2) is 45.6 Å². The number of anilines is 2. The predicted octanol–water partition coefficient (Wildman–Crippen LogP) is 4.62. The summed E-state index contributed by atoms with van der Waals surface area (Å²) in [7, 11) is 0. The van der Waals surface area contributed by atoms with E-state index in [1.165, 1.54) is 17.3 Å². The molecule has 4 heterocycles. The molecule has 1 atom stereocenters. The number of rotatable bonds is 6. The Kier molecular flexibility index (Phi) is 6.44. The van der Waals surface area contributed by atoms with Gasteiger partial charge in [-0.2, -0.15) is 0 Å². The summed E-state index contributed by atoms with van der Waals surface area (Å²) in [4.78, 5) is 17.7. The zero-order valence-electron chi connectivity index (χ0n) is 19.3. The quantitative estimate of drug-likeness (QED) is 0.495. The van der Waals surface area contributed by atoms with Crippen LogP contribution in [0.25, 0.3) is 0 Å². The Morgan fingerprint density at radius 3 is 2.76 bits per heavy atom. The maximum absolute atomic E-state index is 13.5. The number of hydrogen-bond donors (Lipinski definition) is 0. The number of nitrogens with zero attached hydrogens (tertiary/aromatic N) is 5. The number of hydrogen-bond acceptors (Lipinski definition) is 6. The van der Waals surface area contributed by atoms with E-state index in [-0.39, 0.29) is 11.2 Å². The van der Waals surface area contributed by atoms with Gasteiger partial charge in [0.15, 0.2) is 5.16 Å². The van der Waals surface area contributed by atoms with Crippen LogP contribution in [0.2, 0.25) is 0 Å². The molecule has 0 bridgehead atoms. The molecule has 2 aromatic heterocycles. The van der Waals surface area contributed by atoms with Crippen molar-refractivity contribution in [3.05, 3.63) is 54.0 Å². The van der Waals surface area contributed by atoms with Crippen molar-refractivity contribution in [2.75, 3.05) is 29.4 Å². The zero-order chi connectivity index (χ0) is 22.8. The fourth-order valence-electron chi connectivity index (χ4n) is 4.70. The van der Waals surface area contributed by atoms with Crippen molar-refractivity contribution in [3.63, 3.8) is 0 Å². The van der Waals surface area contributed by atoms with Crippen molar-refractivity contribution in [2.45, 2.75) is 56.5 Å². The van der Waals surface area contributed by atoms with Crippen molar-refractivity contribution in [2.24, 2.45) is 5.92 Å². The van der Waals surface area contributed by atoms with E-state index < -0.39 is 0 Å². The van der Waals surface area contributed by atoms with Gasteiger partial charge in [-0.05, 0) is 62.3 Å². The van der Waals surface area contributed by atoms with Crippen molar-refractivity contribution in [3.8, 4) is 0 Å². The molecule has 1 fully saturated rings. The van der Waals surface area contributed by atoms with Crippen molar-refractivity contribution < 1.29 is 9.21 Å². The van der Waals surface area contributed by atoms with E-state index in [1.54, 1.807) is 6.26 Å². The molecule has 0 N–H and O–H groups in total. The summed E-state index contributed by atoms with van der Waals surface area (Å²) in [5, 5.41) is 9.56. The van der Waals surface area contributed by atoms with E-state index in [1.807, 2.05) is 36.1 Å². The van der Waals surface area contributed by atoms with Gasteiger partial charge in [0.2, 0.25) is 11.9 Å². The fraction of sp³-hybridized carbons (Fsp3) is 0.480. The van der Waals surface area contributed by atoms with Gasteiger partial charge < -0.3 is 14.2 Å². The van der Waals surface area contributed by atoms with Crippen LogP contribution in [0.4, 0.5) is 11.6 Å². The minimum absolute atomic E-state index is 0.119. The molecule has 1 saturated heterocycles. The minimum Gasteiger partial charge on any atom is -0.467 e. The van der Waals surface area contributed by atoms with Gasteiger partial charge in [-0.15, -0.1) is 10.2 Å². The fourth-order valence-corrected chi connectivity index (χ4v) is 5.60. The maximum atomic E-state index is 13.5. The standard InChI is InChI=1S/C25H31N5O2S/c1-18-11-14-28(15-12-18)24-26-27-25(30(24)17-21-9-6-16-32-21)33-19(2)23(31)29-13-5-8-20-7-3-4-10-22(20)29/h3-4,6-7,9-10,16,18-19H,5,8,11-15,17H2,1-2H3. The summed E-state index contributed by atoms with van der Waals surface area (Å²) in [5.74, 6) is 2.57. The Balaban J connectivity index is 1.38. The highest BCUT2D eigenvalue weighted by molar-refractivity contribution is 8.00. The van der Waals surface area contributed by atoms with Crippen LogP contribution in [0.5, 0.6) is 0 Å². The third-order valence-corrected chi connectivity index (χ3v) is 7.73. The van der Waals surface area contributed by atoms with Crippen LogP contribution < -0.4 is 9.80 Å². The summed E-state index contributed by atoms with van der Waals surface area (Å²) in [6.45, 7) is 7.53. The Morgan fingerprint density at radius 2 is 1.97 bits per heavy atom. The number of aryl methyl sites for hydroxylation is 1. The van der Waals surface area contributed by atoms with Crippen molar-refractivity contribution >= 4 is 29.3 Å². The molecular weight excluding hydrogens is 434 g/mol. The highest BCUT2D eigenvalue weighted by Gasteiger charge is 2.29. The lowest BCUT2D eigenvalue weighted by Crippen LogP contribution is -2.40. The van der Waals surface area contributed by atoms with E-state index in [2.05, 4.69) is 38.7 Å². The minimum atomic E-state index is -0.273. The van der Waals surface area contributed by atoms with Gasteiger partial charge in [-0.1, -0.05) is 36.9 Å². The van der Waals surface area contributed by atoms with Crippen molar-refractivity contribution in [1.82, 2.24) is 14.8 Å². The molecule has 0 saturated carbocycles. The van der Waals surface area contributed by atoms with Crippen molar-refractivity contribution in [1.29, 1.82) is 0 Å². The number of fused-ring (bicyclic) bond motifs is 1. The molecule has 2 aliphatic heterocycles. The largest absolute Gasteiger partial charge is 0.467 e. The average Bonchev–Trinajstić information content (AvgIpc) is 3.49. The zero-order valence-corrected chi connectivity index (χ0v) is 20.1. The first-order valence-corrected chi connectivity index (χ1v) is 12.7. The molecule has 0 aliphatic carbocycles. The molecule has 7 nitrogen and oxygen atoms in total. The highest BCUT2D eigenvalue weighted by atomic mass is 32.2. The van der Waals surface area contributed by atoms with Gasteiger partial charge in [0.1, 0.15) is 5.76 Å². The smallest absolute Gasteiger partial charge is 0.240 e. The number of carbonyl (C=O) groups excluding carboxylic acids is 1. The number of aromatic nitrogens is 3. The molecule has 1 unspecified atom stereocenters. The number of furan rings is 1. The Bertz CT molecular complexity index is 1090. The predicted molar refractivity (Wildman–Crippen MR) is 131 cm³/mol. The molecule has 0 spiro atoms. The lowest BCUT2D eigenvalue weighted by Gasteiger charge is -2.32. The molecule has 3 aromatic rings. The molecule has 2 aliphatic rings. The van der Waals surface area contributed by atoms with Crippen LogP contribution >= 0.6 is 11.8 Å². The molecular formula is C25H31N5O2S.